The standard InChI is InChI=1S/C16H22F3N3O/c1-9-5-14(16(17,18)19)21-22(9)8-15(23)20-10(2)13-7-11-3-4-12(13)6-11/h5,10-13H,3-4,6-8H2,1-2H3,(H,20,23). The molecule has 1 N–H and O–H groups in total. The van der Waals surface area contributed by atoms with E-state index >= 15 is 0 Å². The monoisotopic (exact) mass is 329 g/mol. The zero-order chi connectivity index (χ0) is 16.8. The first kappa shape index (κ1) is 16.3. The van der Waals surface area contributed by atoms with Crippen LogP contribution in [-0.4, -0.2) is 21.7 Å². The number of aryl methyl sites for hydroxylation is 1. The molecular formula is C16H22F3N3O. The lowest BCUT2D eigenvalue weighted by molar-refractivity contribution is -0.141. The van der Waals surface area contributed by atoms with Gasteiger partial charge in [0, 0.05) is 11.7 Å². The number of hydrogen-bond acceptors (Lipinski definition) is 2. The van der Waals surface area contributed by atoms with Crippen LogP contribution in [0.25, 0.3) is 0 Å². The quantitative estimate of drug-likeness (QED) is 0.922. The van der Waals surface area contributed by atoms with Gasteiger partial charge >= 0.3 is 6.18 Å². The number of halogens is 3. The minimum Gasteiger partial charge on any atom is -0.352 e. The molecule has 23 heavy (non-hydrogen) atoms. The SMILES string of the molecule is Cc1cc(C(F)(F)F)nn1CC(=O)NC(C)C1CC2CCC1C2. The van der Waals surface area contributed by atoms with Gasteiger partial charge in [-0.05, 0) is 56.9 Å². The van der Waals surface area contributed by atoms with Crippen LogP contribution in [0.1, 0.15) is 44.0 Å². The summed E-state index contributed by atoms with van der Waals surface area (Å²) in [5.74, 6) is 1.72. The number of amides is 1. The number of fused-ring (bicyclic) bond motifs is 2. The van der Waals surface area contributed by atoms with Crippen LogP contribution in [0.15, 0.2) is 6.07 Å². The van der Waals surface area contributed by atoms with E-state index in [0.717, 1.165) is 23.1 Å². The maximum absolute atomic E-state index is 12.6. The van der Waals surface area contributed by atoms with Crippen LogP contribution in [0.4, 0.5) is 13.2 Å². The molecular weight excluding hydrogens is 307 g/mol. The molecule has 0 aliphatic heterocycles. The van der Waals surface area contributed by atoms with E-state index in [-0.39, 0.29) is 18.5 Å². The van der Waals surface area contributed by atoms with Crippen LogP contribution in [0, 0.1) is 24.7 Å². The molecule has 1 aromatic rings. The third-order valence-electron chi connectivity index (χ3n) is 5.39. The van der Waals surface area contributed by atoms with E-state index in [0.29, 0.717) is 17.5 Å². The molecule has 2 bridgehead atoms. The van der Waals surface area contributed by atoms with Crippen molar-refractivity contribution in [2.75, 3.05) is 0 Å². The van der Waals surface area contributed by atoms with E-state index in [4.69, 9.17) is 0 Å². The van der Waals surface area contributed by atoms with Crippen molar-refractivity contribution in [2.45, 2.75) is 58.3 Å². The molecule has 0 saturated heterocycles. The van der Waals surface area contributed by atoms with Crippen molar-refractivity contribution in [1.82, 2.24) is 15.1 Å². The summed E-state index contributed by atoms with van der Waals surface area (Å²) in [5.41, 5.74) is -0.621. The molecule has 0 aromatic carbocycles. The van der Waals surface area contributed by atoms with Gasteiger partial charge in [0.25, 0.3) is 0 Å². The van der Waals surface area contributed by atoms with Crippen LogP contribution in [-0.2, 0) is 17.5 Å². The van der Waals surface area contributed by atoms with Crippen LogP contribution in [0.5, 0.6) is 0 Å². The summed E-state index contributed by atoms with van der Waals surface area (Å²) in [6.07, 6.45) is 0.476. The molecule has 3 rings (SSSR count). The molecule has 1 amide bonds. The fourth-order valence-corrected chi connectivity index (χ4v) is 4.26. The molecule has 4 atom stereocenters. The van der Waals surface area contributed by atoms with Crippen LogP contribution >= 0.6 is 0 Å². The van der Waals surface area contributed by atoms with Gasteiger partial charge in [0.2, 0.25) is 5.91 Å². The molecule has 2 aliphatic carbocycles. The Kier molecular flexibility index (Phi) is 4.14. The number of alkyl halides is 3. The number of nitrogens with zero attached hydrogens (tertiary/aromatic N) is 2. The first-order valence-corrected chi connectivity index (χ1v) is 8.15. The summed E-state index contributed by atoms with van der Waals surface area (Å²) in [6.45, 7) is 3.35. The Bertz CT molecular complexity index is 596. The van der Waals surface area contributed by atoms with E-state index in [1.807, 2.05) is 6.92 Å². The first-order chi connectivity index (χ1) is 10.7. The maximum atomic E-state index is 12.6. The lowest BCUT2D eigenvalue weighted by atomic mass is 9.84. The number of carbonyl (C=O) groups excluding carboxylic acids is 1. The molecule has 0 spiro atoms. The second kappa shape index (κ2) is 5.83. The third kappa shape index (κ3) is 3.38. The maximum Gasteiger partial charge on any atom is 0.435 e. The smallest absolute Gasteiger partial charge is 0.352 e. The Morgan fingerprint density at radius 1 is 1.43 bits per heavy atom. The Morgan fingerprint density at radius 2 is 2.17 bits per heavy atom. The topological polar surface area (TPSA) is 46.9 Å². The summed E-state index contributed by atoms with van der Waals surface area (Å²) in [7, 11) is 0. The van der Waals surface area contributed by atoms with Crippen molar-refractivity contribution in [3.8, 4) is 0 Å². The molecule has 0 radical (unpaired) electrons. The summed E-state index contributed by atoms with van der Waals surface area (Å²) in [4.78, 5) is 12.1. The van der Waals surface area contributed by atoms with Crippen LogP contribution < -0.4 is 5.32 Å². The van der Waals surface area contributed by atoms with E-state index in [1.165, 1.54) is 26.2 Å². The predicted molar refractivity (Wildman–Crippen MR) is 78.5 cm³/mol. The summed E-state index contributed by atoms with van der Waals surface area (Å²) < 4.78 is 39.0. The fourth-order valence-electron chi connectivity index (χ4n) is 4.26. The van der Waals surface area contributed by atoms with Crippen LogP contribution in [0.3, 0.4) is 0 Å². The molecule has 4 unspecified atom stereocenters. The van der Waals surface area contributed by atoms with Gasteiger partial charge in [0.05, 0.1) is 0 Å². The predicted octanol–water partition coefficient (Wildman–Crippen LogP) is 3.15. The molecule has 2 fully saturated rings. The van der Waals surface area contributed by atoms with Gasteiger partial charge in [-0.3, -0.25) is 9.48 Å². The average Bonchev–Trinajstić information content (AvgIpc) is 3.14. The van der Waals surface area contributed by atoms with E-state index < -0.39 is 11.9 Å². The number of aromatic nitrogens is 2. The fraction of sp³-hybridized carbons (Fsp3) is 0.750. The van der Waals surface area contributed by atoms with E-state index in [1.54, 1.807) is 0 Å². The zero-order valence-electron chi connectivity index (χ0n) is 13.4. The molecule has 1 aromatic heterocycles. The highest BCUT2D eigenvalue weighted by Gasteiger charge is 2.42. The van der Waals surface area contributed by atoms with Gasteiger partial charge in [-0.25, -0.2) is 0 Å². The highest BCUT2D eigenvalue weighted by Crippen LogP contribution is 2.49. The largest absolute Gasteiger partial charge is 0.435 e. The lowest BCUT2D eigenvalue weighted by Crippen LogP contribution is -2.41. The van der Waals surface area contributed by atoms with Gasteiger partial charge < -0.3 is 5.32 Å². The Balaban J connectivity index is 1.58. The molecule has 2 saturated carbocycles. The van der Waals surface area contributed by atoms with Crippen molar-refractivity contribution >= 4 is 5.91 Å². The summed E-state index contributed by atoms with van der Waals surface area (Å²) in [5, 5.41) is 6.44. The zero-order valence-corrected chi connectivity index (χ0v) is 13.4. The summed E-state index contributed by atoms with van der Waals surface area (Å²) >= 11 is 0. The molecule has 1 heterocycles. The number of carbonyl (C=O) groups is 1. The van der Waals surface area contributed by atoms with Crippen molar-refractivity contribution in [2.24, 2.45) is 17.8 Å². The number of rotatable bonds is 4. The van der Waals surface area contributed by atoms with Gasteiger partial charge in [-0.2, -0.15) is 18.3 Å². The van der Waals surface area contributed by atoms with Gasteiger partial charge in [0.1, 0.15) is 6.54 Å². The van der Waals surface area contributed by atoms with Gasteiger partial charge in [-0.1, -0.05) is 6.42 Å². The van der Waals surface area contributed by atoms with Gasteiger partial charge in [-0.15, -0.1) is 0 Å². The third-order valence-corrected chi connectivity index (χ3v) is 5.39. The molecule has 4 nitrogen and oxygen atoms in total. The average molecular weight is 329 g/mol. The highest BCUT2D eigenvalue weighted by atomic mass is 19.4. The molecule has 128 valence electrons. The Hall–Kier alpha value is -1.53. The minimum atomic E-state index is -4.48. The lowest BCUT2D eigenvalue weighted by Gasteiger charge is -2.28. The van der Waals surface area contributed by atoms with Gasteiger partial charge in [0.15, 0.2) is 5.69 Å². The summed E-state index contributed by atoms with van der Waals surface area (Å²) in [6, 6.07) is 1.03. The van der Waals surface area contributed by atoms with Crippen molar-refractivity contribution in [1.29, 1.82) is 0 Å². The second-order valence-electron chi connectivity index (χ2n) is 7.02. The number of hydrogen-bond donors (Lipinski definition) is 1. The highest BCUT2D eigenvalue weighted by molar-refractivity contribution is 5.76. The van der Waals surface area contributed by atoms with Crippen molar-refractivity contribution in [3.05, 3.63) is 17.5 Å². The second-order valence-corrected chi connectivity index (χ2v) is 7.02. The molecule has 2 aliphatic rings. The Morgan fingerprint density at radius 3 is 2.70 bits per heavy atom. The van der Waals surface area contributed by atoms with Crippen molar-refractivity contribution in [3.63, 3.8) is 0 Å². The van der Waals surface area contributed by atoms with Crippen molar-refractivity contribution < 1.29 is 18.0 Å². The number of nitrogens with one attached hydrogen (secondary N) is 1. The normalized spacial score (nSPS) is 28.1. The van der Waals surface area contributed by atoms with E-state index in [9.17, 15) is 18.0 Å². The van der Waals surface area contributed by atoms with Crippen LogP contribution in [0.2, 0.25) is 0 Å². The first-order valence-electron chi connectivity index (χ1n) is 8.15. The molecule has 7 heteroatoms. The Labute approximate surface area is 133 Å². The van der Waals surface area contributed by atoms with E-state index in [2.05, 4.69) is 10.4 Å². The minimum absolute atomic E-state index is 0.0655.